The Balaban J connectivity index is 2.32. The highest BCUT2D eigenvalue weighted by molar-refractivity contribution is 7.81. The number of hydrogen-bond donors (Lipinski definition) is 1. The third-order valence-electron chi connectivity index (χ3n) is 2.80. The monoisotopic (exact) mass is 288 g/mol. The van der Waals surface area contributed by atoms with Crippen molar-refractivity contribution in [1.82, 2.24) is 4.98 Å². The summed E-state index contributed by atoms with van der Waals surface area (Å²) in [5.41, 5.74) is 2.62. The maximum absolute atomic E-state index is 5.42. The molecule has 0 fully saturated rings. The molecule has 1 aromatic heterocycles. The van der Waals surface area contributed by atoms with Crippen LogP contribution in [0.15, 0.2) is 36.7 Å². The summed E-state index contributed by atoms with van der Waals surface area (Å²) < 4.78 is 10.7. The Labute approximate surface area is 123 Å². The van der Waals surface area contributed by atoms with Gasteiger partial charge >= 0.3 is 0 Å². The van der Waals surface area contributed by atoms with Gasteiger partial charge in [-0.05, 0) is 30.7 Å². The van der Waals surface area contributed by atoms with Crippen LogP contribution in [-0.2, 0) is 0 Å². The summed E-state index contributed by atoms with van der Waals surface area (Å²) in [5.74, 6) is 1.35. The molecule has 0 unspecified atom stereocenters. The predicted octanol–water partition coefficient (Wildman–Crippen LogP) is 3.19. The quantitative estimate of drug-likeness (QED) is 0.875. The van der Waals surface area contributed by atoms with Crippen LogP contribution in [0.5, 0.6) is 11.5 Å². The smallest absolute Gasteiger partial charge is 0.146 e. The van der Waals surface area contributed by atoms with E-state index in [-0.39, 0.29) is 0 Å². The number of thiocarbonyl (C=S) groups is 1. The van der Waals surface area contributed by atoms with E-state index in [4.69, 9.17) is 21.7 Å². The van der Waals surface area contributed by atoms with E-state index in [2.05, 4.69) is 10.3 Å². The number of aryl methyl sites for hydroxylation is 1. The number of benzene rings is 1. The highest BCUT2D eigenvalue weighted by atomic mass is 32.1. The van der Waals surface area contributed by atoms with Crippen molar-refractivity contribution in [3.05, 3.63) is 47.8 Å². The minimum atomic E-state index is 0.573. The number of hydrogen-bond acceptors (Lipinski definition) is 4. The van der Waals surface area contributed by atoms with E-state index in [1.165, 1.54) is 0 Å². The molecule has 1 N–H and O–H groups in total. The number of nitrogens with zero attached hydrogens (tertiary/aromatic N) is 1. The van der Waals surface area contributed by atoms with E-state index in [1.54, 1.807) is 26.6 Å². The second-order valence-electron chi connectivity index (χ2n) is 4.24. The number of aromatic nitrogens is 1. The highest BCUT2D eigenvalue weighted by Crippen LogP contribution is 2.34. The minimum Gasteiger partial charge on any atom is -0.494 e. The SMILES string of the molecule is COc1cccc(OC)c1NC(=S)c1cncc(C)c1. The molecule has 0 saturated heterocycles. The molecule has 0 bridgehead atoms. The van der Waals surface area contributed by atoms with Crippen LogP contribution >= 0.6 is 12.2 Å². The fourth-order valence-electron chi connectivity index (χ4n) is 1.84. The van der Waals surface area contributed by atoms with E-state index in [0.29, 0.717) is 22.2 Å². The van der Waals surface area contributed by atoms with E-state index in [1.807, 2.05) is 31.2 Å². The second-order valence-corrected chi connectivity index (χ2v) is 4.65. The molecule has 5 heteroatoms. The number of rotatable bonds is 4. The maximum atomic E-state index is 5.42. The number of ether oxygens (including phenoxy) is 2. The number of anilines is 1. The van der Waals surface area contributed by atoms with Crippen LogP contribution in [0, 0.1) is 6.92 Å². The number of methoxy groups -OCH3 is 2. The third-order valence-corrected chi connectivity index (χ3v) is 3.14. The normalized spacial score (nSPS) is 9.95. The molecule has 0 radical (unpaired) electrons. The maximum Gasteiger partial charge on any atom is 0.146 e. The molecular weight excluding hydrogens is 272 g/mol. The van der Waals surface area contributed by atoms with E-state index in [0.717, 1.165) is 11.1 Å². The molecule has 1 aromatic carbocycles. The van der Waals surface area contributed by atoms with Crippen molar-refractivity contribution >= 4 is 22.9 Å². The number of pyridine rings is 1. The van der Waals surface area contributed by atoms with Crippen LogP contribution in [-0.4, -0.2) is 24.2 Å². The van der Waals surface area contributed by atoms with Gasteiger partial charge in [-0.1, -0.05) is 18.3 Å². The van der Waals surface area contributed by atoms with Crippen molar-refractivity contribution in [1.29, 1.82) is 0 Å². The lowest BCUT2D eigenvalue weighted by Gasteiger charge is -2.15. The van der Waals surface area contributed by atoms with Gasteiger partial charge in [0.2, 0.25) is 0 Å². The van der Waals surface area contributed by atoms with Gasteiger partial charge in [0.15, 0.2) is 0 Å². The molecule has 0 spiro atoms. The summed E-state index contributed by atoms with van der Waals surface area (Å²) in [6, 6.07) is 7.54. The molecule has 104 valence electrons. The molecule has 0 atom stereocenters. The Morgan fingerprint density at radius 1 is 1.15 bits per heavy atom. The summed E-state index contributed by atoms with van der Waals surface area (Å²) in [6.07, 6.45) is 3.51. The van der Waals surface area contributed by atoms with Gasteiger partial charge in [0.1, 0.15) is 22.2 Å². The van der Waals surface area contributed by atoms with Gasteiger partial charge in [0.05, 0.1) is 14.2 Å². The Morgan fingerprint density at radius 3 is 2.35 bits per heavy atom. The Morgan fingerprint density at radius 2 is 1.80 bits per heavy atom. The Hall–Kier alpha value is -2.14. The largest absolute Gasteiger partial charge is 0.494 e. The Kier molecular flexibility index (Phi) is 4.53. The molecule has 2 aromatic rings. The van der Waals surface area contributed by atoms with Gasteiger partial charge in [0, 0.05) is 18.0 Å². The fraction of sp³-hybridized carbons (Fsp3) is 0.200. The molecule has 4 nitrogen and oxygen atoms in total. The predicted molar refractivity (Wildman–Crippen MR) is 83.8 cm³/mol. The van der Waals surface area contributed by atoms with Gasteiger partial charge in [-0.3, -0.25) is 4.98 Å². The molecule has 2 rings (SSSR count). The van der Waals surface area contributed by atoms with Crippen LogP contribution in [0.4, 0.5) is 5.69 Å². The lowest BCUT2D eigenvalue weighted by atomic mass is 10.2. The average Bonchev–Trinajstić information content (AvgIpc) is 2.47. The Bertz CT molecular complexity index is 607. The zero-order valence-electron chi connectivity index (χ0n) is 11.6. The standard InChI is InChI=1S/C15H16N2O2S/c1-10-7-11(9-16-8-10)15(20)17-14-12(18-2)5-4-6-13(14)19-3/h4-9H,1-3H3,(H,17,20). The molecule has 0 amide bonds. The van der Waals surface area contributed by atoms with Gasteiger partial charge in [0.25, 0.3) is 0 Å². The first-order valence-corrected chi connectivity index (χ1v) is 6.50. The zero-order valence-corrected chi connectivity index (χ0v) is 12.5. The van der Waals surface area contributed by atoms with E-state index in [9.17, 15) is 0 Å². The highest BCUT2D eigenvalue weighted by Gasteiger charge is 2.12. The first-order valence-electron chi connectivity index (χ1n) is 6.09. The summed E-state index contributed by atoms with van der Waals surface area (Å²) in [7, 11) is 3.22. The van der Waals surface area contributed by atoms with Crippen molar-refractivity contribution in [3.8, 4) is 11.5 Å². The average molecular weight is 288 g/mol. The van der Waals surface area contributed by atoms with Crippen LogP contribution < -0.4 is 14.8 Å². The summed E-state index contributed by atoms with van der Waals surface area (Å²) in [5, 5.41) is 3.17. The summed E-state index contributed by atoms with van der Waals surface area (Å²) >= 11 is 5.42. The number of para-hydroxylation sites is 1. The molecule has 20 heavy (non-hydrogen) atoms. The first kappa shape index (κ1) is 14.3. The summed E-state index contributed by atoms with van der Waals surface area (Å²) in [4.78, 5) is 4.72. The third kappa shape index (κ3) is 3.05. The van der Waals surface area contributed by atoms with Crippen molar-refractivity contribution in [3.63, 3.8) is 0 Å². The van der Waals surface area contributed by atoms with E-state index >= 15 is 0 Å². The van der Waals surface area contributed by atoms with Gasteiger partial charge in [-0.15, -0.1) is 0 Å². The molecule has 0 aliphatic rings. The van der Waals surface area contributed by atoms with Crippen molar-refractivity contribution in [2.75, 3.05) is 19.5 Å². The van der Waals surface area contributed by atoms with Crippen LogP contribution in [0.2, 0.25) is 0 Å². The zero-order chi connectivity index (χ0) is 14.5. The van der Waals surface area contributed by atoms with Crippen LogP contribution in [0.3, 0.4) is 0 Å². The fourth-order valence-corrected chi connectivity index (χ4v) is 2.05. The van der Waals surface area contributed by atoms with Crippen molar-refractivity contribution < 1.29 is 9.47 Å². The molecule has 0 aliphatic carbocycles. The van der Waals surface area contributed by atoms with Gasteiger partial charge in [-0.25, -0.2) is 0 Å². The minimum absolute atomic E-state index is 0.573. The van der Waals surface area contributed by atoms with Gasteiger partial charge < -0.3 is 14.8 Å². The van der Waals surface area contributed by atoms with Crippen molar-refractivity contribution in [2.45, 2.75) is 6.92 Å². The topological polar surface area (TPSA) is 43.4 Å². The molecule has 0 saturated carbocycles. The molecule has 0 aliphatic heterocycles. The van der Waals surface area contributed by atoms with E-state index < -0.39 is 0 Å². The lowest BCUT2D eigenvalue weighted by molar-refractivity contribution is 0.398. The van der Waals surface area contributed by atoms with Crippen LogP contribution in [0.1, 0.15) is 11.1 Å². The van der Waals surface area contributed by atoms with Gasteiger partial charge in [-0.2, -0.15) is 0 Å². The number of nitrogens with one attached hydrogen (secondary N) is 1. The van der Waals surface area contributed by atoms with Crippen molar-refractivity contribution in [2.24, 2.45) is 0 Å². The first-order chi connectivity index (χ1) is 9.65. The lowest BCUT2D eigenvalue weighted by Crippen LogP contribution is -2.12. The molecular formula is C15H16N2O2S. The summed E-state index contributed by atoms with van der Waals surface area (Å²) in [6.45, 7) is 1.97. The molecule has 1 heterocycles. The van der Waals surface area contributed by atoms with Crippen LogP contribution in [0.25, 0.3) is 0 Å². The second kappa shape index (κ2) is 6.34.